The number of aryl methyl sites for hydroxylation is 1. The van der Waals surface area contributed by atoms with Crippen molar-refractivity contribution < 1.29 is 13.9 Å². The molecule has 0 aliphatic rings. The molecule has 0 saturated heterocycles. The molecule has 0 saturated carbocycles. The van der Waals surface area contributed by atoms with E-state index in [1.54, 1.807) is 13.4 Å². The average molecular weight is 289 g/mol. The summed E-state index contributed by atoms with van der Waals surface area (Å²) in [5.41, 5.74) is 1.24. The van der Waals surface area contributed by atoms with Gasteiger partial charge in [-0.05, 0) is 43.2 Å². The van der Waals surface area contributed by atoms with Crippen LogP contribution in [0.25, 0.3) is 0 Å². The van der Waals surface area contributed by atoms with Crippen molar-refractivity contribution >= 4 is 0 Å². The number of hydrogen-bond acceptors (Lipinski definition) is 4. The second-order valence-electron chi connectivity index (χ2n) is 4.98. The van der Waals surface area contributed by atoms with Crippen LogP contribution >= 0.6 is 0 Å². The summed E-state index contributed by atoms with van der Waals surface area (Å²) < 4.78 is 16.6. The van der Waals surface area contributed by atoms with E-state index in [0.717, 1.165) is 30.2 Å². The number of rotatable bonds is 8. The van der Waals surface area contributed by atoms with Crippen LogP contribution in [-0.4, -0.2) is 19.8 Å². The van der Waals surface area contributed by atoms with Gasteiger partial charge in [-0.1, -0.05) is 13.0 Å². The second kappa shape index (κ2) is 7.74. The van der Waals surface area contributed by atoms with E-state index in [2.05, 4.69) is 18.3 Å². The molecular formula is C17H23NO3. The highest BCUT2D eigenvalue weighted by Gasteiger charge is 2.10. The maximum absolute atomic E-state index is 5.94. The van der Waals surface area contributed by atoms with Crippen LogP contribution in [0.3, 0.4) is 0 Å². The minimum absolute atomic E-state index is 0.0429. The molecule has 1 unspecified atom stereocenters. The van der Waals surface area contributed by atoms with Crippen LogP contribution in [0.15, 0.2) is 41.0 Å². The van der Waals surface area contributed by atoms with Crippen LogP contribution in [0.5, 0.6) is 11.5 Å². The summed E-state index contributed by atoms with van der Waals surface area (Å²) in [6.07, 6.45) is 2.70. The molecule has 1 atom stereocenters. The van der Waals surface area contributed by atoms with Crippen LogP contribution in [0.1, 0.15) is 25.2 Å². The van der Waals surface area contributed by atoms with Gasteiger partial charge in [-0.25, -0.2) is 0 Å². The van der Waals surface area contributed by atoms with Crippen LogP contribution in [0.2, 0.25) is 0 Å². The SMILES string of the molecule is CCc1ccc(OC(C)CNCc2ccco2)c(OC)c1. The first-order chi connectivity index (χ1) is 10.2. The molecule has 2 aromatic rings. The molecule has 0 amide bonds. The van der Waals surface area contributed by atoms with Gasteiger partial charge < -0.3 is 19.2 Å². The first-order valence-corrected chi connectivity index (χ1v) is 7.29. The second-order valence-corrected chi connectivity index (χ2v) is 4.98. The van der Waals surface area contributed by atoms with Crippen molar-refractivity contribution in [2.75, 3.05) is 13.7 Å². The lowest BCUT2D eigenvalue weighted by Crippen LogP contribution is -2.28. The Hall–Kier alpha value is -1.94. The first kappa shape index (κ1) is 15.4. The third kappa shape index (κ3) is 4.53. The maximum Gasteiger partial charge on any atom is 0.161 e. The van der Waals surface area contributed by atoms with Crippen molar-refractivity contribution in [3.05, 3.63) is 47.9 Å². The predicted molar refractivity (Wildman–Crippen MR) is 82.9 cm³/mol. The van der Waals surface area contributed by atoms with Gasteiger partial charge in [-0.3, -0.25) is 0 Å². The minimum Gasteiger partial charge on any atom is -0.493 e. The summed E-state index contributed by atoms with van der Waals surface area (Å²) >= 11 is 0. The quantitative estimate of drug-likeness (QED) is 0.809. The van der Waals surface area contributed by atoms with Crippen molar-refractivity contribution in [2.24, 2.45) is 0 Å². The van der Waals surface area contributed by atoms with E-state index in [4.69, 9.17) is 13.9 Å². The van der Waals surface area contributed by atoms with Crippen molar-refractivity contribution in [3.63, 3.8) is 0 Å². The monoisotopic (exact) mass is 289 g/mol. The number of hydrogen-bond donors (Lipinski definition) is 1. The zero-order valence-electron chi connectivity index (χ0n) is 12.9. The van der Waals surface area contributed by atoms with Crippen LogP contribution in [-0.2, 0) is 13.0 Å². The summed E-state index contributed by atoms with van der Waals surface area (Å²) in [5, 5.41) is 3.31. The molecule has 0 spiro atoms. The van der Waals surface area contributed by atoms with E-state index < -0.39 is 0 Å². The van der Waals surface area contributed by atoms with E-state index in [-0.39, 0.29) is 6.10 Å². The number of ether oxygens (including phenoxy) is 2. The molecule has 4 nitrogen and oxygen atoms in total. The van der Waals surface area contributed by atoms with Gasteiger partial charge in [0.2, 0.25) is 0 Å². The van der Waals surface area contributed by atoms with Gasteiger partial charge in [0.15, 0.2) is 11.5 Å². The van der Waals surface area contributed by atoms with E-state index >= 15 is 0 Å². The lowest BCUT2D eigenvalue weighted by atomic mass is 10.1. The predicted octanol–water partition coefficient (Wildman–Crippen LogP) is 3.41. The van der Waals surface area contributed by atoms with Crippen molar-refractivity contribution in [1.29, 1.82) is 0 Å². The third-order valence-electron chi connectivity index (χ3n) is 3.28. The van der Waals surface area contributed by atoms with Crippen molar-refractivity contribution in [3.8, 4) is 11.5 Å². The van der Waals surface area contributed by atoms with Gasteiger partial charge >= 0.3 is 0 Å². The summed E-state index contributed by atoms with van der Waals surface area (Å²) in [7, 11) is 1.67. The molecule has 1 aromatic carbocycles. The minimum atomic E-state index is 0.0429. The van der Waals surface area contributed by atoms with E-state index in [1.165, 1.54) is 5.56 Å². The van der Waals surface area contributed by atoms with Gasteiger partial charge in [-0.2, -0.15) is 0 Å². The Kier molecular flexibility index (Phi) is 5.69. The van der Waals surface area contributed by atoms with Crippen LogP contribution in [0, 0.1) is 0 Å². The molecule has 114 valence electrons. The summed E-state index contributed by atoms with van der Waals surface area (Å²) in [4.78, 5) is 0. The Morgan fingerprint density at radius 2 is 2.10 bits per heavy atom. The molecule has 0 bridgehead atoms. The number of benzene rings is 1. The van der Waals surface area contributed by atoms with Gasteiger partial charge in [-0.15, -0.1) is 0 Å². The molecule has 4 heteroatoms. The van der Waals surface area contributed by atoms with Crippen molar-refractivity contribution in [2.45, 2.75) is 32.9 Å². The summed E-state index contributed by atoms with van der Waals surface area (Å²) in [5.74, 6) is 2.49. The van der Waals surface area contributed by atoms with Gasteiger partial charge in [0.1, 0.15) is 11.9 Å². The molecule has 2 rings (SSSR count). The highest BCUT2D eigenvalue weighted by Crippen LogP contribution is 2.29. The van der Waals surface area contributed by atoms with E-state index in [0.29, 0.717) is 6.54 Å². The standard InChI is InChI=1S/C17H23NO3/c1-4-14-7-8-16(17(10-14)19-3)21-13(2)11-18-12-15-6-5-9-20-15/h5-10,13,18H,4,11-12H2,1-3H3. The average Bonchev–Trinajstić information content (AvgIpc) is 3.01. The van der Waals surface area contributed by atoms with E-state index in [1.807, 2.05) is 31.2 Å². The third-order valence-corrected chi connectivity index (χ3v) is 3.28. The largest absolute Gasteiger partial charge is 0.493 e. The Morgan fingerprint density at radius 1 is 1.24 bits per heavy atom. The summed E-state index contributed by atoms with van der Waals surface area (Å²) in [6.45, 7) is 5.59. The fourth-order valence-corrected chi connectivity index (χ4v) is 2.10. The van der Waals surface area contributed by atoms with Crippen LogP contribution < -0.4 is 14.8 Å². The summed E-state index contributed by atoms with van der Waals surface area (Å²) in [6, 6.07) is 9.90. The van der Waals surface area contributed by atoms with Crippen molar-refractivity contribution in [1.82, 2.24) is 5.32 Å². The molecular weight excluding hydrogens is 266 g/mol. The zero-order chi connectivity index (χ0) is 15.1. The van der Waals surface area contributed by atoms with Gasteiger partial charge in [0.05, 0.1) is 19.9 Å². The Bertz CT molecular complexity index is 537. The molecule has 0 aliphatic carbocycles. The molecule has 0 fully saturated rings. The fourth-order valence-electron chi connectivity index (χ4n) is 2.10. The Balaban J connectivity index is 1.85. The fraction of sp³-hybridized carbons (Fsp3) is 0.412. The Labute approximate surface area is 126 Å². The topological polar surface area (TPSA) is 43.6 Å². The zero-order valence-corrected chi connectivity index (χ0v) is 12.9. The van der Waals surface area contributed by atoms with Crippen LogP contribution in [0.4, 0.5) is 0 Å². The lowest BCUT2D eigenvalue weighted by Gasteiger charge is -2.17. The molecule has 1 aromatic heterocycles. The van der Waals surface area contributed by atoms with Gasteiger partial charge in [0, 0.05) is 6.54 Å². The van der Waals surface area contributed by atoms with E-state index in [9.17, 15) is 0 Å². The number of nitrogens with one attached hydrogen (secondary N) is 1. The Morgan fingerprint density at radius 3 is 2.76 bits per heavy atom. The smallest absolute Gasteiger partial charge is 0.161 e. The maximum atomic E-state index is 5.94. The number of furan rings is 1. The lowest BCUT2D eigenvalue weighted by molar-refractivity contribution is 0.206. The molecule has 1 heterocycles. The normalized spacial score (nSPS) is 12.1. The highest BCUT2D eigenvalue weighted by molar-refractivity contribution is 5.43. The molecule has 0 radical (unpaired) electrons. The molecule has 1 N–H and O–H groups in total. The molecule has 21 heavy (non-hydrogen) atoms. The number of methoxy groups -OCH3 is 1. The first-order valence-electron chi connectivity index (χ1n) is 7.29. The molecule has 0 aliphatic heterocycles. The van der Waals surface area contributed by atoms with Gasteiger partial charge in [0.25, 0.3) is 0 Å². The highest BCUT2D eigenvalue weighted by atomic mass is 16.5.